The molecule has 1 aromatic heterocycles. The van der Waals surface area contributed by atoms with Crippen LogP contribution in [-0.2, 0) is 30.9 Å². The van der Waals surface area contributed by atoms with Gasteiger partial charge in [-0.05, 0) is 38.9 Å². The maximum Gasteiger partial charge on any atom is 0.192 e. The summed E-state index contributed by atoms with van der Waals surface area (Å²) < 4.78 is 0. The molecule has 1 nitrogen and oxygen atoms in total. The fraction of sp³-hybridized carbons (Fsp3) is 0.194. The molecule has 0 saturated heterocycles. The van der Waals surface area contributed by atoms with Crippen LogP contribution in [0, 0.1) is 6.07 Å². The molecule has 2 aliphatic heterocycles. The van der Waals surface area contributed by atoms with Crippen LogP contribution in [0.1, 0.15) is 49.9 Å². The van der Waals surface area contributed by atoms with Crippen LogP contribution in [0.2, 0.25) is 0 Å². The van der Waals surface area contributed by atoms with Crippen LogP contribution in [0.25, 0.3) is 21.7 Å². The van der Waals surface area contributed by atoms with Crippen molar-refractivity contribution in [2.45, 2.75) is 38.5 Å². The zero-order valence-corrected chi connectivity index (χ0v) is 22.3. The molecule has 1 radical (unpaired) electrons. The third-order valence-corrected chi connectivity index (χ3v) is 8.26. The molecule has 0 atom stereocenters. The van der Waals surface area contributed by atoms with Crippen molar-refractivity contribution in [1.82, 2.24) is 4.98 Å². The van der Waals surface area contributed by atoms with Crippen LogP contribution in [0.15, 0.2) is 79.0 Å². The van der Waals surface area contributed by atoms with Crippen molar-refractivity contribution in [1.29, 1.82) is 0 Å². The van der Waals surface area contributed by atoms with Gasteiger partial charge in [-0.25, -0.2) is 0 Å². The molecule has 167 valence electrons. The SMILES string of the molecule is CC1(C)c2[c-]c3c(ccc4cccnc43)c3c2B(c2ccccc21)c1ccccc1C3(C)C.[Ir]. The Hall–Kier alpha value is -2.74. The number of nitrogens with zero attached hydrogens (tertiary/aromatic N) is 1. The number of hydrogen-bond acceptors (Lipinski definition) is 1. The predicted molar refractivity (Wildman–Crippen MR) is 140 cm³/mol. The average Bonchev–Trinajstić information content (AvgIpc) is 2.83. The third-order valence-electron chi connectivity index (χ3n) is 8.26. The summed E-state index contributed by atoms with van der Waals surface area (Å²) in [6.07, 6.45) is 1.91. The Bertz CT molecular complexity index is 1620. The molecule has 0 unspecified atom stereocenters. The Morgan fingerprint density at radius 3 is 2.09 bits per heavy atom. The monoisotopic (exact) mass is 615 g/mol. The second-order valence-electron chi connectivity index (χ2n) is 10.7. The quantitative estimate of drug-likeness (QED) is 0.136. The summed E-state index contributed by atoms with van der Waals surface area (Å²) in [5, 5.41) is 3.62. The van der Waals surface area contributed by atoms with Gasteiger partial charge in [0.05, 0.1) is 0 Å². The predicted octanol–water partition coefficient (Wildman–Crippen LogP) is 4.98. The minimum absolute atomic E-state index is 0. The van der Waals surface area contributed by atoms with Gasteiger partial charge in [-0.1, -0.05) is 105 Å². The summed E-state index contributed by atoms with van der Waals surface area (Å²) in [5.41, 5.74) is 10.7. The molecule has 5 aromatic rings. The Morgan fingerprint density at radius 2 is 1.38 bits per heavy atom. The van der Waals surface area contributed by atoms with Crippen molar-refractivity contribution in [2.24, 2.45) is 0 Å². The number of hydrogen-bond donors (Lipinski definition) is 0. The van der Waals surface area contributed by atoms with E-state index in [1.54, 1.807) is 0 Å². The molecule has 0 spiro atoms. The first-order chi connectivity index (χ1) is 15.9. The fourth-order valence-corrected chi connectivity index (χ4v) is 6.78. The van der Waals surface area contributed by atoms with Crippen molar-refractivity contribution >= 4 is 44.8 Å². The fourth-order valence-electron chi connectivity index (χ4n) is 6.78. The second-order valence-corrected chi connectivity index (χ2v) is 10.7. The number of rotatable bonds is 0. The Balaban J connectivity index is 0.00000217. The zero-order chi connectivity index (χ0) is 22.5. The molecular weight excluding hydrogens is 589 g/mol. The molecule has 34 heavy (non-hydrogen) atoms. The van der Waals surface area contributed by atoms with E-state index >= 15 is 0 Å². The van der Waals surface area contributed by atoms with Crippen LogP contribution in [0.4, 0.5) is 0 Å². The minimum Gasteiger partial charge on any atom is -0.304 e. The van der Waals surface area contributed by atoms with E-state index in [4.69, 9.17) is 4.98 Å². The molecule has 4 aromatic carbocycles. The molecule has 0 bridgehead atoms. The van der Waals surface area contributed by atoms with Gasteiger partial charge in [0.15, 0.2) is 6.71 Å². The van der Waals surface area contributed by atoms with Gasteiger partial charge in [-0.3, -0.25) is 0 Å². The van der Waals surface area contributed by atoms with Crippen molar-refractivity contribution in [3.8, 4) is 0 Å². The van der Waals surface area contributed by atoms with Gasteiger partial charge in [0.25, 0.3) is 0 Å². The van der Waals surface area contributed by atoms with Gasteiger partial charge >= 0.3 is 0 Å². The summed E-state index contributed by atoms with van der Waals surface area (Å²) in [6.45, 7) is 9.77. The molecule has 0 N–H and O–H groups in total. The topological polar surface area (TPSA) is 12.9 Å². The number of fused-ring (bicyclic) bond motifs is 8. The Labute approximate surface area is 215 Å². The van der Waals surface area contributed by atoms with Gasteiger partial charge in [0, 0.05) is 26.3 Å². The van der Waals surface area contributed by atoms with Crippen LogP contribution >= 0.6 is 0 Å². The maximum atomic E-state index is 4.82. The van der Waals surface area contributed by atoms with E-state index in [1.807, 2.05) is 12.3 Å². The molecule has 0 saturated carbocycles. The first-order valence-corrected chi connectivity index (χ1v) is 11.9. The Morgan fingerprint density at radius 1 is 0.735 bits per heavy atom. The normalized spacial score (nSPS) is 16.4. The zero-order valence-electron chi connectivity index (χ0n) is 19.9. The molecule has 2 aliphatic rings. The van der Waals surface area contributed by atoms with Crippen LogP contribution in [0.3, 0.4) is 0 Å². The number of benzene rings is 4. The van der Waals surface area contributed by atoms with Gasteiger partial charge in [-0.15, -0.1) is 33.4 Å². The number of aromatic nitrogens is 1. The number of pyridine rings is 1. The first kappa shape index (κ1) is 21.8. The van der Waals surface area contributed by atoms with Gasteiger partial charge < -0.3 is 4.98 Å². The molecule has 3 heterocycles. The van der Waals surface area contributed by atoms with Crippen LogP contribution < -0.4 is 16.4 Å². The van der Waals surface area contributed by atoms with Crippen molar-refractivity contribution in [2.75, 3.05) is 0 Å². The molecule has 0 fully saturated rings. The minimum atomic E-state index is -0.134. The van der Waals surface area contributed by atoms with Crippen molar-refractivity contribution in [3.05, 3.63) is 107 Å². The van der Waals surface area contributed by atoms with Gasteiger partial charge in [-0.2, -0.15) is 0 Å². The van der Waals surface area contributed by atoms with E-state index in [1.165, 1.54) is 49.4 Å². The van der Waals surface area contributed by atoms with E-state index in [0.29, 0.717) is 0 Å². The standard InChI is InChI=1S/C31H25BN.Ir/c1-30(2)22-11-5-7-13-25(22)32-26-14-8-6-12-23(26)31(3,4)27-20-16-15-19-10-9-17-33-29(19)21(20)18-24(30)28(27)32;/h5-17H,1-4H3;/q-1;. The summed E-state index contributed by atoms with van der Waals surface area (Å²) in [4.78, 5) is 4.82. The van der Waals surface area contributed by atoms with Crippen molar-refractivity contribution in [3.63, 3.8) is 0 Å². The molecule has 0 aliphatic carbocycles. The summed E-state index contributed by atoms with van der Waals surface area (Å²) in [6, 6.07) is 30.8. The average molecular weight is 615 g/mol. The summed E-state index contributed by atoms with van der Waals surface area (Å²) in [7, 11) is 0. The molecule has 0 amide bonds. The van der Waals surface area contributed by atoms with E-state index < -0.39 is 0 Å². The van der Waals surface area contributed by atoms with Gasteiger partial charge in [0.1, 0.15) is 0 Å². The van der Waals surface area contributed by atoms with E-state index in [0.717, 1.165) is 10.9 Å². The Kier molecular flexibility index (Phi) is 4.57. The third kappa shape index (κ3) is 2.58. The molecule has 3 heteroatoms. The second kappa shape index (κ2) is 7.14. The van der Waals surface area contributed by atoms with Crippen molar-refractivity contribution < 1.29 is 20.1 Å². The van der Waals surface area contributed by atoms with E-state index in [-0.39, 0.29) is 37.6 Å². The van der Waals surface area contributed by atoms with Crippen LogP contribution in [-0.4, -0.2) is 11.7 Å². The molecular formula is C31H25BIrN-. The van der Waals surface area contributed by atoms with E-state index in [9.17, 15) is 0 Å². The molecule has 7 rings (SSSR count). The maximum absolute atomic E-state index is 4.82. The first-order valence-electron chi connectivity index (χ1n) is 11.9. The summed E-state index contributed by atoms with van der Waals surface area (Å²) >= 11 is 0. The summed E-state index contributed by atoms with van der Waals surface area (Å²) in [5.74, 6) is 0. The largest absolute Gasteiger partial charge is 0.304 e. The van der Waals surface area contributed by atoms with E-state index in [2.05, 4.69) is 100 Å². The van der Waals surface area contributed by atoms with Crippen LogP contribution in [0.5, 0.6) is 0 Å². The smallest absolute Gasteiger partial charge is 0.192 e. The van der Waals surface area contributed by atoms with Gasteiger partial charge in [0.2, 0.25) is 0 Å².